The largest absolute Gasteiger partial charge is 0.354 e. The number of nitrogens with zero attached hydrogens (tertiary/aromatic N) is 1. The van der Waals surface area contributed by atoms with Gasteiger partial charge in [-0.2, -0.15) is 0 Å². The fraction of sp³-hybridized carbons (Fsp3) is 0.556. The molecule has 9 heteroatoms. The lowest BCUT2D eigenvalue weighted by Crippen LogP contribution is -2.48. The summed E-state index contributed by atoms with van der Waals surface area (Å²) in [4.78, 5) is 22.4. The highest BCUT2D eigenvalue weighted by Gasteiger charge is 2.32. The van der Waals surface area contributed by atoms with Crippen LogP contribution < -0.4 is 27.0 Å². The van der Waals surface area contributed by atoms with Crippen LogP contribution in [0.15, 0.2) is 29.3 Å². The Morgan fingerprint density at radius 2 is 2.04 bits per heavy atom. The Bertz CT molecular complexity index is 681. The van der Waals surface area contributed by atoms with Crippen LogP contribution in [0.4, 0.5) is 0 Å². The molecule has 2 saturated heterocycles. The molecule has 0 radical (unpaired) electrons. The van der Waals surface area contributed by atoms with Gasteiger partial charge >= 0.3 is 0 Å². The van der Waals surface area contributed by atoms with Crippen molar-refractivity contribution in [3.05, 3.63) is 34.9 Å². The summed E-state index contributed by atoms with van der Waals surface area (Å²) in [6.07, 6.45) is 0.416. The number of guanidine groups is 1. The molecule has 8 nitrogen and oxygen atoms in total. The quantitative estimate of drug-likeness (QED) is 0.389. The monoisotopic (exact) mass is 394 g/mol. The van der Waals surface area contributed by atoms with Crippen molar-refractivity contribution in [1.29, 1.82) is 0 Å². The molecule has 0 aromatic heterocycles. The van der Waals surface area contributed by atoms with Gasteiger partial charge in [0.1, 0.15) is 6.17 Å². The van der Waals surface area contributed by atoms with E-state index >= 15 is 0 Å². The minimum absolute atomic E-state index is 0.111. The first-order valence-corrected chi connectivity index (χ1v) is 9.60. The molecule has 1 aromatic rings. The van der Waals surface area contributed by atoms with Crippen LogP contribution in [-0.4, -0.2) is 36.7 Å². The van der Waals surface area contributed by atoms with Gasteiger partial charge in [-0.15, -0.1) is 0 Å². The highest BCUT2D eigenvalue weighted by molar-refractivity contribution is 6.30. The minimum Gasteiger partial charge on any atom is -0.354 e. The Morgan fingerprint density at radius 3 is 2.67 bits per heavy atom. The second-order valence-electron chi connectivity index (χ2n) is 7.19. The maximum Gasteiger partial charge on any atom is 0.233 e. The molecule has 4 unspecified atom stereocenters. The lowest BCUT2D eigenvalue weighted by atomic mass is 10.0. The molecule has 2 aliphatic heterocycles. The molecule has 5 N–H and O–H groups in total. The normalized spacial score (nSPS) is 28.6. The number of amides is 1. The highest BCUT2D eigenvalue weighted by Crippen LogP contribution is 2.24. The summed E-state index contributed by atoms with van der Waals surface area (Å²) in [5.41, 5.74) is 10.3. The summed E-state index contributed by atoms with van der Waals surface area (Å²) in [5.74, 6) is 0.102. The van der Waals surface area contributed by atoms with Crippen LogP contribution in [0.3, 0.4) is 0 Å². The number of nitrogens with one attached hydrogen (secondary N) is 5. The maximum absolute atomic E-state index is 12.5. The van der Waals surface area contributed by atoms with Crippen molar-refractivity contribution in [3.63, 3.8) is 0 Å². The van der Waals surface area contributed by atoms with Crippen molar-refractivity contribution in [2.24, 2.45) is 10.9 Å². The molecule has 0 spiro atoms. The third-order valence-electron chi connectivity index (χ3n) is 4.58. The summed E-state index contributed by atoms with van der Waals surface area (Å²) in [5, 5.41) is 6.83. The van der Waals surface area contributed by atoms with Crippen LogP contribution in [-0.2, 0) is 9.63 Å². The van der Waals surface area contributed by atoms with E-state index in [0.717, 1.165) is 12.0 Å². The Morgan fingerprint density at radius 1 is 1.30 bits per heavy atom. The van der Waals surface area contributed by atoms with E-state index in [1.54, 1.807) is 0 Å². The van der Waals surface area contributed by atoms with E-state index in [4.69, 9.17) is 16.4 Å². The van der Waals surface area contributed by atoms with Crippen molar-refractivity contribution in [3.8, 4) is 0 Å². The van der Waals surface area contributed by atoms with Crippen molar-refractivity contribution >= 4 is 23.5 Å². The zero-order valence-corrected chi connectivity index (χ0v) is 16.5. The van der Waals surface area contributed by atoms with Crippen LogP contribution in [0.1, 0.15) is 38.8 Å². The van der Waals surface area contributed by atoms with Crippen LogP contribution in [0, 0.1) is 5.92 Å². The number of aliphatic imine (C=N–C) groups is 1. The SMILES string of the molecule is CC(C)NC(=NC1CC(c2ccc(Cl)cc2)NN1)NC(=O)C1CNOC1C. The Hall–Kier alpha value is -1.71. The van der Waals surface area contributed by atoms with Gasteiger partial charge in [-0.25, -0.2) is 21.3 Å². The molecule has 0 saturated carbocycles. The number of benzene rings is 1. The second-order valence-corrected chi connectivity index (χ2v) is 7.62. The van der Waals surface area contributed by atoms with E-state index in [1.165, 1.54) is 0 Å². The minimum atomic E-state index is -0.249. The molecule has 148 valence electrons. The summed E-state index contributed by atoms with van der Waals surface area (Å²) in [6, 6.07) is 8.01. The Kier molecular flexibility index (Phi) is 6.67. The third-order valence-corrected chi connectivity index (χ3v) is 4.84. The molecule has 3 rings (SSSR count). The van der Waals surface area contributed by atoms with E-state index in [1.807, 2.05) is 45.0 Å². The van der Waals surface area contributed by atoms with Crippen LogP contribution in [0.25, 0.3) is 0 Å². The number of hydrazine groups is 1. The summed E-state index contributed by atoms with van der Waals surface area (Å²) in [6.45, 7) is 6.36. The molecule has 0 bridgehead atoms. The molecular weight excluding hydrogens is 368 g/mol. The van der Waals surface area contributed by atoms with Gasteiger partial charge < -0.3 is 5.32 Å². The van der Waals surface area contributed by atoms with Crippen LogP contribution in [0.2, 0.25) is 5.02 Å². The van der Waals surface area contributed by atoms with Gasteiger partial charge in [-0.05, 0) is 38.5 Å². The van der Waals surface area contributed by atoms with Gasteiger partial charge in [-0.3, -0.25) is 14.9 Å². The molecular formula is C18H27ClN6O2. The average molecular weight is 395 g/mol. The summed E-state index contributed by atoms with van der Waals surface area (Å²) in [7, 11) is 0. The molecule has 4 atom stereocenters. The van der Waals surface area contributed by atoms with Gasteiger partial charge in [-0.1, -0.05) is 23.7 Å². The van der Waals surface area contributed by atoms with E-state index in [0.29, 0.717) is 17.5 Å². The number of carbonyl (C=O) groups is 1. The van der Waals surface area contributed by atoms with Gasteiger partial charge in [0.2, 0.25) is 5.91 Å². The summed E-state index contributed by atoms with van der Waals surface area (Å²) >= 11 is 5.96. The number of rotatable bonds is 4. The maximum atomic E-state index is 12.5. The predicted octanol–water partition coefficient (Wildman–Crippen LogP) is 1.21. The third kappa shape index (κ3) is 5.40. The van der Waals surface area contributed by atoms with Gasteiger partial charge in [0.25, 0.3) is 0 Å². The first kappa shape index (κ1) is 20.0. The van der Waals surface area contributed by atoms with Crippen LogP contribution in [0.5, 0.6) is 0 Å². The van der Waals surface area contributed by atoms with Gasteiger partial charge in [0, 0.05) is 30.1 Å². The van der Waals surface area contributed by atoms with E-state index < -0.39 is 0 Å². The molecule has 2 heterocycles. The van der Waals surface area contributed by atoms with Crippen molar-refractivity contribution in [2.75, 3.05) is 6.54 Å². The number of halogens is 1. The number of hydrogen-bond acceptors (Lipinski definition) is 6. The molecule has 1 amide bonds. The summed E-state index contributed by atoms with van der Waals surface area (Å²) < 4.78 is 0. The second kappa shape index (κ2) is 8.99. The van der Waals surface area contributed by atoms with Gasteiger partial charge in [0.15, 0.2) is 5.96 Å². The smallest absolute Gasteiger partial charge is 0.233 e. The van der Waals surface area contributed by atoms with E-state index in [9.17, 15) is 4.79 Å². The zero-order chi connectivity index (χ0) is 19.4. The van der Waals surface area contributed by atoms with Crippen molar-refractivity contribution in [1.82, 2.24) is 27.0 Å². The standard InChI is InChI=1S/C18H27ClN6O2/c1-10(2)21-18(23-17(26)14-9-20-27-11(14)3)22-16-8-15(24-25-16)12-4-6-13(19)7-5-12/h4-7,10-11,14-16,20,24-25H,8-9H2,1-3H3,(H2,21,22,23,26). The zero-order valence-electron chi connectivity index (χ0n) is 15.8. The van der Waals surface area contributed by atoms with Gasteiger partial charge in [0.05, 0.1) is 12.0 Å². The van der Waals surface area contributed by atoms with Crippen molar-refractivity contribution in [2.45, 2.75) is 51.5 Å². The van der Waals surface area contributed by atoms with Crippen molar-refractivity contribution < 1.29 is 9.63 Å². The predicted molar refractivity (Wildman–Crippen MR) is 105 cm³/mol. The molecule has 2 aliphatic rings. The lowest BCUT2D eigenvalue weighted by Gasteiger charge is -2.18. The van der Waals surface area contributed by atoms with Crippen LogP contribution >= 0.6 is 11.6 Å². The average Bonchev–Trinajstić information content (AvgIpc) is 3.24. The number of hydrogen-bond donors (Lipinski definition) is 5. The lowest BCUT2D eigenvalue weighted by molar-refractivity contribution is -0.124. The fourth-order valence-corrected chi connectivity index (χ4v) is 3.23. The molecule has 1 aromatic carbocycles. The first-order chi connectivity index (χ1) is 12.9. The molecule has 27 heavy (non-hydrogen) atoms. The molecule has 2 fully saturated rings. The van der Waals surface area contributed by atoms with E-state index in [2.05, 4.69) is 32.0 Å². The first-order valence-electron chi connectivity index (χ1n) is 9.22. The highest BCUT2D eigenvalue weighted by atomic mass is 35.5. The number of hydroxylamine groups is 1. The number of carbonyl (C=O) groups excluding carboxylic acids is 1. The Balaban J connectivity index is 1.64. The molecule has 0 aliphatic carbocycles. The van der Waals surface area contributed by atoms with E-state index in [-0.39, 0.29) is 36.2 Å². The Labute approximate surface area is 164 Å². The topological polar surface area (TPSA) is 98.8 Å². The fourth-order valence-electron chi connectivity index (χ4n) is 3.10.